The highest BCUT2D eigenvalue weighted by Gasteiger charge is 2.36. The summed E-state index contributed by atoms with van der Waals surface area (Å²) in [5.74, 6) is -2.49. The lowest BCUT2D eigenvalue weighted by Crippen LogP contribution is -2.21. The molecule has 0 atom stereocenters. The van der Waals surface area contributed by atoms with Gasteiger partial charge in [-0.1, -0.05) is 0 Å². The van der Waals surface area contributed by atoms with Gasteiger partial charge in [0.2, 0.25) is 0 Å². The molecule has 0 aliphatic heterocycles. The maximum Gasteiger partial charge on any atom is 0.573 e. The van der Waals surface area contributed by atoms with E-state index in [1.54, 1.807) is 0 Å². The Bertz CT molecular complexity index is 521. The van der Waals surface area contributed by atoms with Gasteiger partial charge in [0.05, 0.1) is 13.5 Å². The topological polar surface area (TPSA) is 48.4 Å². The monoisotopic (exact) mass is 333 g/mol. The molecule has 0 saturated carbocycles. The van der Waals surface area contributed by atoms with Crippen molar-refractivity contribution in [3.05, 3.63) is 23.0 Å². The number of carbonyl (C=O) groups excluding carboxylic acids is 1. The van der Waals surface area contributed by atoms with Crippen LogP contribution in [0.15, 0.2) is 6.20 Å². The van der Waals surface area contributed by atoms with Crippen LogP contribution in [0, 0.1) is 0 Å². The van der Waals surface area contributed by atoms with E-state index in [2.05, 4.69) is 14.5 Å². The van der Waals surface area contributed by atoms with Crippen LogP contribution in [-0.2, 0) is 21.8 Å². The lowest BCUT2D eigenvalue weighted by molar-refractivity contribution is -0.275. The molecule has 21 heavy (non-hydrogen) atoms. The quantitative estimate of drug-likeness (QED) is 0.471. The first-order valence-corrected chi connectivity index (χ1v) is 5.90. The number of pyridine rings is 1. The Morgan fingerprint density at radius 3 is 2.48 bits per heavy atom. The third-order valence-corrected chi connectivity index (χ3v) is 2.66. The molecule has 0 N–H and O–H groups in total. The first kappa shape index (κ1) is 17.4. The molecule has 0 amide bonds. The molecule has 4 nitrogen and oxygen atoms in total. The summed E-state index contributed by atoms with van der Waals surface area (Å²) >= 11 is 5.52. The molecular formula is C11H9ClF5NO3. The van der Waals surface area contributed by atoms with Crippen molar-refractivity contribution in [1.82, 2.24) is 4.98 Å². The van der Waals surface area contributed by atoms with Crippen molar-refractivity contribution in [2.24, 2.45) is 0 Å². The number of ether oxygens (including phenoxy) is 2. The van der Waals surface area contributed by atoms with Crippen LogP contribution in [0.4, 0.5) is 22.0 Å². The lowest BCUT2D eigenvalue weighted by Gasteiger charge is -2.18. The summed E-state index contributed by atoms with van der Waals surface area (Å²) < 4.78 is 70.6. The van der Waals surface area contributed by atoms with Crippen LogP contribution < -0.4 is 4.74 Å². The summed E-state index contributed by atoms with van der Waals surface area (Å²) in [5.41, 5.74) is -1.69. The van der Waals surface area contributed by atoms with Gasteiger partial charge < -0.3 is 9.47 Å². The molecule has 0 radical (unpaired) electrons. The minimum absolute atomic E-state index is 0.0364. The molecule has 0 aromatic carbocycles. The van der Waals surface area contributed by atoms with Crippen molar-refractivity contribution < 1.29 is 36.2 Å². The molecule has 10 heteroatoms. The van der Waals surface area contributed by atoms with Crippen molar-refractivity contribution in [2.45, 2.75) is 25.1 Å². The van der Waals surface area contributed by atoms with Gasteiger partial charge in [-0.15, -0.1) is 24.8 Å². The molecule has 0 spiro atoms. The summed E-state index contributed by atoms with van der Waals surface area (Å²) in [7, 11) is 1.00. The highest BCUT2D eigenvalue weighted by Crippen LogP contribution is 2.36. The molecule has 118 valence electrons. The number of hydrogen-bond acceptors (Lipinski definition) is 4. The van der Waals surface area contributed by atoms with E-state index in [9.17, 15) is 26.7 Å². The van der Waals surface area contributed by atoms with Gasteiger partial charge in [0.25, 0.3) is 6.43 Å². The van der Waals surface area contributed by atoms with Gasteiger partial charge in [0.1, 0.15) is 5.69 Å². The highest BCUT2D eigenvalue weighted by molar-refractivity contribution is 6.17. The van der Waals surface area contributed by atoms with Gasteiger partial charge in [-0.05, 0) is 5.56 Å². The van der Waals surface area contributed by atoms with Crippen molar-refractivity contribution in [3.8, 4) is 5.75 Å². The van der Waals surface area contributed by atoms with E-state index in [-0.39, 0.29) is 11.4 Å². The molecule has 0 bridgehead atoms. The predicted octanol–water partition coefficient (Wildman–Crippen LogP) is 3.37. The van der Waals surface area contributed by atoms with Crippen LogP contribution in [0.5, 0.6) is 5.75 Å². The SMILES string of the molecule is COC(=O)Cc1c(CCl)cnc(C(F)F)c1OC(F)(F)F. The number of hydrogen-bond donors (Lipinski definition) is 0. The minimum atomic E-state index is -5.22. The van der Waals surface area contributed by atoms with E-state index in [0.717, 1.165) is 13.3 Å². The molecule has 1 rings (SSSR count). The number of halogens is 6. The van der Waals surface area contributed by atoms with Crippen LogP contribution in [-0.4, -0.2) is 24.4 Å². The second-order valence-corrected chi connectivity index (χ2v) is 3.98. The molecule has 0 aliphatic carbocycles. The standard InChI is InChI=1S/C11H9ClF5NO3/c1-20-7(19)2-6-5(3-12)4-18-8(10(13)14)9(6)21-11(15,16)17/h4,10H,2-3H2,1H3. The number of esters is 1. The Morgan fingerprint density at radius 1 is 1.43 bits per heavy atom. The van der Waals surface area contributed by atoms with Crippen LogP contribution in [0.25, 0.3) is 0 Å². The number of methoxy groups -OCH3 is 1. The largest absolute Gasteiger partial charge is 0.573 e. The zero-order valence-corrected chi connectivity index (χ0v) is 11.3. The molecular weight excluding hydrogens is 325 g/mol. The molecule has 0 aliphatic rings. The fourth-order valence-corrected chi connectivity index (χ4v) is 1.73. The van der Waals surface area contributed by atoms with Crippen LogP contribution >= 0.6 is 11.6 Å². The summed E-state index contributed by atoms with van der Waals surface area (Å²) in [4.78, 5) is 14.5. The zero-order chi connectivity index (χ0) is 16.2. The third-order valence-electron chi connectivity index (χ3n) is 2.37. The minimum Gasteiger partial charge on any atom is -0.469 e. The van der Waals surface area contributed by atoms with E-state index in [0.29, 0.717) is 0 Å². The summed E-state index contributed by atoms with van der Waals surface area (Å²) in [6.45, 7) is 0. The molecule has 1 aromatic heterocycles. The molecule has 1 aromatic rings. The predicted molar refractivity (Wildman–Crippen MR) is 61.2 cm³/mol. The summed E-state index contributed by atoms with van der Waals surface area (Å²) in [5, 5.41) is 0. The van der Waals surface area contributed by atoms with E-state index in [1.807, 2.05) is 0 Å². The van der Waals surface area contributed by atoms with E-state index in [1.165, 1.54) is 0 Å². The average molecular weight is 334 g/mol. The Balaban J connectivity index is 3.45. The molecule has 0 saturated heterocycles. The zero-order valence-electron chi connectivity index (χ0n) is 10.5. The number of nitrogens with zero attached hydrogens (tertiary/aromatic N) is 1. The fourth-order valence-electron chi connectivity index (χ4n) is 1.49. The van der Waals surface area contributed by atoms with Gasteiger partial charge >= 0.3 is 12.3 Å². The number of carbonyl (C=O) groups is 1. The number of alkyl halides is 6. The Hall–Kier alpha value is -1.64. The van der Waals surface area contributed by atoms with Crippen LogP contribution in [0.2, 0.25) is 0 Å². The van der Waals surface area contributed by atoms with E-state index in [4.69, 9.17) is 11.6 Å². The highest BCUT2D eigenvalue weighted by atomic mass is 35.5. The van der Waals surface area contributed by atoms with Crippen molar-refractivity contribution in [2.75, 3.05) is 7.11 Å². The smallest absolute Gasteiger partial charge is 0.469 e. The van der Waals surface area contributed by atoms with Gasteiger partial charge in [-0.2, -0.15) is 0 Å². The average Bonchev–Trinajstić information content (AvgIpc) is 2.38. The summed E-state index contributed by atoms with van der Waals surface area (Å²) in [6, 6.07) is 0. The fraction of sp³-hybridized carbons (Fsp3) is 0.455. The second-order valence-electron chi connectivity index (χ2n) is 3.71. The normalized spacial score (nSPS) is 11.6. The maximum atomic E-state index is 12.8. The maximum absolute atomic E-state index is 12.8. The van der Waals surface area contributed by atoms with Gasteiger partial charge in [-0.3, -0.25) is 9.78 Å². The molecule has 0 unspecified atom stereocenters. The summed E-state index contributed by atoms with van der Waals surface area (Å²) in [6.07, 6.45) is -8.37. The Morgan fingerprint density at radius 2 is 2.05 bits per heavy atom. The van der Waals surface area contributed by atoms with E-state index >= 15 is 0 Å². The Labute approximate surface area is 120 Å². The number of rotatable bonds is 5. The van der Waals surface area contributed by atoms with Crippen molar-refractivity contribution >= 4 is 17.6 Å². The van der Waals surface area contributed by atoms with Crippen molar-refractivity contribution in [1.29, 1.82) is 0 Å². The third kappa shape index (κ3) is 4.69. The van der Waals surface area contributed by atoms with Crippen molar-refractivity contribution in [3.63, 3.8) is 0 Å². The van der Waals surface area contributed by atoms with Gasteiger partial charge in [0.15, 0.2) is 5.75 Å². The molecule has 1 heterocycles. The first-order valence-electron chi connectivity index (χ1n) is 5.37. The van der Waals surface area contributed by atoms with E-state index < -0.39 is 42.2 Å². The Kier molecular flexibility index (Phi) is 5.70. The lowest BCUT2D eigenvalue weighted by atomic mass is 10.1. The first-order chi connectivity index (χ1) is 9.69. The van der Waals surface area contributed by atoms with Gasteiger partial charge in [0, 0.05) is 17.6 Å². The molecule has 0 fully saturated rings. The van der Waals surface area contributed by atoms with Crippen LogP contribution in [0.1, 0.15) is 23.2 Å². The second kappa shape index (κ2) is 6.88. The van der Waals surface area contributed by atoms with Crippen LogP contribution in [0.3, 0.4) is 0 Å². The van der Waals surface area contributed by atoms with Gasteiger partial charge in [-0.25, -0.2) is 8.78 Å². The number of aromatic nitrogens is 1.